The normalized spacial score (nSPS) is 14.0. The largest absolute Gasteiger partial charge is 0.385 e. The van der Waals surface area contributed by atoms with Crippen LogP contribution in [0.4, 0.5) is 8.78 Å². The van der Waals surface area contributed by atoms with E-state index < -0.39 is 22.8 Å². The average molecular weight is 356 g/mol. The van der Waals surface area contributed by atoms with E-state index in [0.717, 1.165) is 12.1 Å². The predicted octanol–water partition coefficient (Wildman–Crippen LogP) is 4.33. The molecule has 1 unspecified atom stereocenters. The van der Waals surface area contributed by atoms with Crippen molar-refractivity contribution in [2.45, 2.75) is 39.8 Å². The van der Waals surface area contributed by atoms with Crippen molar-refractivity contribution in [1.82, 2.24) is 4.57 Å². The van der Waals surface area contributed by atoms with Crippen LogP contribution < -0.4 is 5.56 Å². The van der Waals surface area contributed by atoms with E-state index in [1.807, 2.05) is 0 Å². The minimum atomic E-state index is -1.43. The molecule has 1 aromatic carbocycles. The second-order valence-electron chi connectivity index (χ2n) is 6.20. The molecule has 0 saturated carbocycles. The number of nitrogens with zero attached hydrogens (tertiary/aromatic N) is 1. The van der Waals surface area contributed by atoms with Gasteiger partial charge in [0.15, 0.2) is 0 Å². The van der Waals surface area contributed by atoms with Crippen LogP contribution in [0, 0.1) is 17.6 Å². The molecule has 0 amide bonds. The summed E-state index contributed by atoms with van der Waals surface area (Å²) >= 11 is 6.02. The van der Waals surface area contributed by atoms with Crippen molar-refractivity contribution in [2.75, 3.05) is 0 Å². The molecular weight excluding hydrogens is 336 g/mol. The highest BCUT2D eigenvalue weighted by Crippen LogP contribution is 2.38. The Bertz CT molecular complexity index is 808. The third-order valence-electron chi connectivity index (χ3n) is 4.43. The fourth-order valence-corrected chi connectivity index (χ4v) is 2.84. The molecule has 2 aromatic rings. The van der Waals surface area contributed by atoms with Crippen molar-refractivity contribution in [2.24, 2.45) is 5.92 Å². The molecule has 0 bridgehead atoms. The molecular formula is C18H20ClF2NO2. The highest BCUT2D eigenvalue weighted by molar-refractivity contribution is 6.30. The Morgan fingerprint density at radius 2 is 1.83 bits per heavy atom. The summed E-state index contributed by atoms with van der Waals surface area (Å²) in [7, 11) is 0. The van der Waals surface area contributed by atoms with Crippen LogP contribution in [0.1, 0.15) is 33.3 Å². The lowest BCUT2D eigenvalue weighted by molar-refractivity contribution is 0.00901. The van der Waals surface area contributed by atoms with Crippen LogP contribution in [-0.2, 0) is 12.1 Å². The average Bonchev–Trinajstić information content (AvgIpc) is 2.50. The molecule has 0 spiro atoms. The van der Waals surface area contributed by atoms with E-state index in [1.54, 1.807) is 20.8 Å². The van der Waals surface area contributed by atoms with Gasteiger partial charge < -0.3 is 9.67 Å². The first kappa shape index (κ1) is 18.6. The van der Waals surface area contributed by atoms with E-state index >= 15 is 0 Å². The Morgan fingerprint density at radius 1 is 1.29 bits per heavy atom. The first-order valence-electron chi connectivity index (χ1n) is 7.73. The Hall–Kier alpha value is -1.72. The molecule has 0 aliphatic rings. The van der Waals surface area contributed by atoms with E-state index in [9.17, 15) is 18.7 Å². The van der Waals surface area contributed by atoms with Gasteiger partial charge in [-0.15, -0.1) is 0 Å². The monoisotopic (exact) mass is 355 g/mol. The summed E-state index contributed by atoms with van der Waals surface area (Å²) in [5, 5.41) is 10.8. The van der Waals surface area contributed by atoms with Crippen molar-refractivity contribution in [3.05, 3.63) is 56.8 Å². The molecule has 0 saturated heterocycles. The van der Waals surface area contributed by atoms with Gasteiger partial charge in [0, 0.05) is 12.1 Å². The molecule has 6 heteroatoms. The molecule has 1 heterocycles. The molecule has 0 aliphatic heterocycles. The number of hydrogen-bond acceptors (Lipinski definition) is 2. The van der Waals surface area contributed by atoms with Crippen molar-refractivity contribution in [3.63, 3.8) is 0 Å². The number of hydrogen-bond donors (Lipinski definition) is 1. The summed E-state index contributed by atoms with van der Waals surface area (Å²) in [4.78, 5) is 12.4. The Labute approximate surface area is 144 Å². The van der Waals surface area contributed by atoms with Gasteiger partial charge in [0.1, 0.15) is 16.7 Å². The van der Waals surface area contributed by atoms with Gasteiger partial charge in [-0.3, -0.25) is 4.79 Å². The Balaban J connectivity index is 3.03. The first-order chi connectivity index (χ1) is 11.1. The van der Waals surface area contributed by atoms with Crippen molar-refractivity contribution in [1.29, 1.82) is 0 Å². The van der Waals surface area contributed by atoms with E-state index in [1.165, 1.54) is 23.6 Å². The van der Waals surface area contributed by atoms with E-state index in [-0.39, 0.29) is 34.3 Å². The predicted molar refractivity (Wildman–Crippen MR) is 91.1 cm³/mol. The van der Waals surface area contributed by atoms with Crippen LogP contribution in [0.15, 0.2) is 29.1 Å². The third kappa shape index (κ3) is 2.98. The van der Waals surface area contributed by atoms with Gasteiger partial charge in [-0.2, -0.15) is 0 Å². The summed E-state index contributed by atoms with van der Waals surface area (Å²) < 4.78 is 30.0. The summed E-state index contributed by atoms with van der Waals surface area (Å²) in [5.41, 5.74) is -2.10. The van der Waals surface area contributed by atoms with Crippen LogP contribution in [0.2, 0.25) is 5.02 Å². The number of halogens is 3. The summed E-state index contributed by atoms with van der Waals surface area (Å²) in [5.74, 6) is -1.88. The lowest BCUT2D eigenvalue weighted by Crippen LogP contribution is -2.33. The Kier molecular flexibility index (Phi) is 5.16. The van der Waals surface area contributed by atoms with Crippen molar-refractivity contribution < 1.29 is 13.9 Å². The van der Waals surface area contributed by atoms with Crippen molar-refractivity contribution in [3.8, 4) is 11.3 Å². The number of pyridine rings is 1. The summed E-state index contributed by atoms with van der Waals surface area (Å²) in [6.45, 7) is 6.92. The molecule has 3 nitrogen and oxygen atoms in total. The van der Waals surface area contributed by atoms with E-state index in [4.69, 9.17) is 11.6 Å². The molecule has 130 valence electrons. The van der Waals surface area contributed by atoms with Crippen molar-refractivity contribution >= 4 is 11.6 Å². The summed E-state index contributed by atoms with van der Waals surface area (Å²) in [6.07, 6.45) is 0. The minimum absolute atomic E-state index is 0.0150. The lowest BCUT2D eigenvalue weighted by Gasteiger charge is -2.32. The maximum absolute atomic E-state index is 14.4. The topological polar surface area (TPSA) is 42.2 Å². The van der Waals surface area contributed by atoms with Gasteiger partial charge in [0.2, 0.25) is 0 Å². The van der Waals surface area contributed by atoms with Gasteiger partial charge in [0.05, 0.1) is 16.9 Å². The molecule has 24 heavy (non-hydrogen) atoms. The summed E-state index contributed by atoms with van der Waals surface area (Å²) in [6, 6.07) is 4.78. The number of aromatic nitrogens is 1. The highest BCUT2D eigenvalue weighted by atomic mass is 35.5. The first-order valence-corrected chi connectivity index (χ1v) is 8.11. The number of aliphatic hydroxyl groups is 1. The van der Waals surface area contributed by atoms with Gasteiger partial charge in [-0.1, -0.05) is 31.5 Å². The zero-order valence-corrected chi connectivity index (χ0v) is 14.8. The SMILES string of the molecule is CCn1c(-c2c(F)cccc2F)c(C(C)(O)C(C)C)cc(Cl)c1=O. The van der Waals surface area contributed by atoms with Crippen LogP contribution in [0.5, 0.6) is 0 Å². The van der Waals surface area contributed by atoms with Crippen LogP contribution in [0.3, 0.4) is 0 Å². The maximum Gasteiger partial charge on any atom is 0.269 e. The zero-order valence-electron chi connectivity index (χ0n) is 14.0. The maximum atomic E-state index is 14.4. The fraction of sp³-hybridized carbons (Fsp3) is 0.389. The van der Waals surface area contributed by atoms with Gasteiger partial charge in [-0.05, 0) is 38.0 Å². The molecule has 0 radical (unpaired) electrons. The zero-order chi connectivity index (χ0) is 18.2. The molecule has 0 fully saturated rings. The van der Waals surface area contributed by atoms with E-state index in [0.29, 0.717) is 0 Å². The highest BCUT2D eigenvalue weighted by Gasteiger charge is 2.34. The number of rotatable bonds is 4. The second-order valence-corrected chi connectivity index (χ2v) is 6.61. The molecule has 1 N–H and O–H groups in total. The standard InChI is InChI=1S/C18H20ClF2NO2/c1-5-22-16(15-13(20)7-6-8-14(15)21)11(9-12(19)17(22)23)18(4,24)10(2)3/h6-10,24H,5H2,1-4H3. The second kappa shape index (κ2) is 6.65. The number of benzene rings is 1. The lowest BCUT2D eigenvalue weighted by atomic mass is 9.82. The van der Waals surface area contributed by atoms with Gasteiger partial charge in [0.25, 0.3) is 5.56 Å². The molecule has 0 aliphatic carbocycles. The molecule has 1 atom stereocenters. The van der Waals surface area contributed by atoms with Crippen LogP contribution >= 0.6 is 11.6 Å². The Morgan fingerprint density at radius 3 is 2.29 bits per heavy atom. The quantitative estimate of drug-likeness (QED) is 0.887. The van der Waals surface area contributed by atoms with Crippen LogP contribution in [0.25, 0.3) is 11.3 Å². The third-order valence-corrected chi connectivity index (χ3v) is 4.70. The minimum Gasteiger partial charge on any atom is -0.385 e. The molecule has 1 aromatic heterocycles. The van der Waals surface area contributed by atoms with Gasteiger partial charge >= 0.3 is 0 Å². The van der Waals surface area contributed by atoms with Crippen LogP contribution in [-0.4, -0.2) is 9.67 Å². The fourth-order valence-electron chi connectivity index (χ4n) is 2.62. The molecule has 2 rings (SSSR count). The van der Waals surface area contributed by atoms with Gasteiger partial charge in [-0.25, -0.2) is 8.78 Å². The van der Waals surface area contributed by atoms with E-state index in [2.05, 4.69) is 0 Å². The smallest absolute Gasteiger partial charge is 0.269 e.